The van der Waals surface area contributed by atoms with E-state index < -0.39 is 6.10 Å². The van der Waals surface area contributed by atoms with Crippen LogP contribution in [0.2, 0.25) is 0 Å². The fraction of sp³-hybridized carbons (Fsp3) is 0.462. The Morgan fingerprint density at radius 2 is 2.24 bits per heavy atom. The SMILES string of the molecule is CCC(O)CNC(=O)c1ccc(C)c(OC)c1. The lowest BCUT2D eigenvalue weighted by Gasteiger charge is -2.11. The van der Waals surface area contributed by atoms with E-state index in [1.165, 1.54) is 0 Å². The highest BCUT2D eigenvalue weighted by atomic mass is 16.5. The van der Waals surface area contributed by atoms with Crippen LogP contribution in [0.3, 0.4) is 0 Å². The summed E-state index contributed by atoms with van der Waals surface area (Å²) in [6.07, 6.45) is 0.128. The van der Waals surface area contributed by atoms with E-state index in [1.807, 2.05) is 19.9 Å². The Labute approximate surface area is 102 Å². The van der Waals surface area contributed by atoms with Gasteiger partial charge in [0.1, 0.15) is 5.75 Å². The van der Waals surface area contributed by atoms with Crippen molar-refractivity contribution in [3.63, 3.8) is 0 Å². The average Bonchev–Trinajstić information content (AvgIpc) is 2.35. The molecule has 1 aromatic carbocycles. The van der Waals surface area contributed by atoms with Gasteiger partial charge in [0, 0.05) is 12.1 Å². The Balaban J connectivity index is 2.69. The van der Waals surface area contributed by atoms with Crippen LogP contribution in [0, 0.1) is 6.92 Å². The van der Waals surface area contributed by atoms with Gasteiger partial charge in [-0.1, -0.05) is 13.0 Å². The van der Waals surface area contributed by atoms with Gasteiger partial charge in [0.05, 0.1) is 13.2 Å². The fourth-order valence-electron chi connectivity index (χ4n) is 1.42. The molecule has 0 radical (unpaired) electrons. The van der Waals surface area contributed by atoms with Crippen LogP contribution in [0.4, 0.5) is 0 Å². The maximum absolute atomic E-state index is 11.8. The molecular formula is C13H19NO3. The second kappa shape index (κ2) is 6.25. The topological polar surface area (TPSA) is 58.6 Å². The van der Waals surface area contributed by atoms with Crippen molar-refractivity contribution in [2.45, 2.75) is 26.4 Å². The number of methoxy groups -OCH3 is 1. The van der Waals surface area contributed by atoms with Gasteiger partial charge in [0.15, 0.2) is 0 Å². The standard InChI is InChI=1S/C13H19NO3/c1-4-11(15)8-14-13(16)10-6-5-9(2)12(7-10)17-3/h5-7,11,15H,4,8H2,1-3H3,(H,14,16). The van der Waals surface area contributed by atoms with Crippen LogP contribution in [-0.2, 0) is 0 Å². The number of amides is 1. The molecule has 4 nitrogen and oxygen atoms in total. The summed E-state index contributed by atoms with van der Waals surface area (Å²) >= 11 is 0. The number of hydrogen-bond acceptors (Lipinski definition) is 3. The zero-order valence-electron chi connectivity index (χ0n) is 10.5. The van der Waals surface area contributed by atoms with Crippen molar-refractivity contribution in [3.05, 3.63) is 29.3 Å². The summed E-state index contributed by atoms with van der Waals surface area (Å²) in [5.41, 5.74) is 1.52. The van der Waals surface area contributed by atoms with Crippen LogP contribution in [-0.4, -0.2) is 30.8 Å². The van der Waals surface area contributed by atoms with Crippen LogP contribution in [0.1, 0.15) is 29.3 Å². The molecule has 1 atom stereocenters. The number of hydrogen-bond donors (Lipinski definition) is 2. The van der Waals surface area contributed by atoms with Gasteiger partial charge >= 0.3 is 0 Å². The summed E-state index contributed by atoms with van der Waals surface area (Å²) in [4.78, 5) is 11.8. The Morgan fingerprint density at radius 3 is 2.82 bits per heavy atom. The number of ether oxygens (including phenoxy) is 1. The summed E-state index contributed by atoms with van der Waals surface area (Å²) in [7, 11) is 1.57. The summed E-state index contributed by atoms with van der Waals surface area (Å²) in [6, 6.07) is 5.28. The first-order valence-corrected chi connectivity index (χ1v) is 5.69. The minimum atomic E-state index is -0.494. The van der Waals surface area contributed by atoms with Crippen molar-refractivity contribution in [2.75, 3.05) is 13.7 Å². The fourth-order valence-corrected chi connectivity index (χ4v) is 1.42. The van der Waals surface area contributed by atoms with E-state index in [-0.39, 0.29) is 12.5 Å². The molecule has 17 heavy (non-hydrogen) atoms. The molecule has 0 bridgehead atoms. The number of aryl methyl sites for hydroxylation is 1. The van der Waals surface area contributed by atoms with Gasteiger partial charge in [-0.15, -0.1) is 0 Å². The molecule has 4 heteroatoms. The van der Waals surface area contributed by atoms with Gasteiger partial charge in [-0.3, -0.25) is 4.79 Å². The minimum Gasteiger partial charge on any atom is -0.496 e. The van der Waals surface area contributed by atoms with Crippen molar-refractivity contribution < 1.29 is 14.6 Å². The largest absolute Gasteiger partial charge is 0.496 e. The smallest absolute Gasteiger partial charge is 0.251 e. The van der Waals surface area contributed by atoms with Crippen molar-refractivity contribution in [1.29, 1.82) is 0 Å². The second-order valence-corrected chi connectivity index (χ2v) is 3.96. The molecule has 1 aromatic rings. The third-order valence-electron chi connectivity index (χ3n) is 2.64. The van der Waals surface area contributed by atoms with Crippen LogP contribution in [0.25, 0.3) is 0 Å². The van der Waals surface area contributed by atoms with Gasteiger partial charge in [0.2, 0.25) is 0 Å². The second-order valence-electron chi connectivity index (χ2n) is 3.96. The van der Waals surface area contributed by atoms with E-state index in [9.17, 15) is 9.90 Å². The van der Waals surface area contributed by atoms with Gasteiger partial charge < -0.3 is 15.2 Å². The van der Waals surface area contributed by atoms with Crippen molar-refractivity contribution in [3.8, 4) is 5.75 Å². The molecule has 0 heterocycles. The Kier molecular flexibility index (Phi) is 4.97. The zero-order valence-corrected chi connectivity index (χ0v) is 10.5. The van der Waals surface area contributed by atoms with Gasteiger partial charge in [0.25, 0.3) is 5.91 Å². The molecule has 94 valence electrons. The molecular weight excluding hydrogens is 218 g/mol. The molecule has 0 aliphatic rings. The Morgan fingerprint density at radius 1 is 1.53 bits per heavy atom. The molecule has 0 fully saturated rings. The molecule has 2 N–H and O–H groups in total. The first-order valence-electron chi connectivity index (χ1n) is 5.69. The van der Waals surface area contributed by atoms with E-state index in [0.29, 0.717) is 17.7 Å². The van der Waals surface area contributed by atoms with E-state index >= 15 is 0 Å². The highest BCUT2D eigenvalue weighted by molar-refractivity contribution is 5.94. The lowest BCUT2D eigenvalue weighted by atomic mass is 10.1. The highest BCUT2D eigenvalue weighted by Gasteiger charge is 2.09. The molecule has 1 rings (SSSR count). The summed E-state index contributed by atoms with van der Waals surface area (Å²) in [5, 5.41) is 12.0. The predicted molar refractivity (Wildman–Crippen MR) is 66.4 cm³/mol. The molecule has 0 aromatic heterocycles. The van der Waals surface area contributed by atoms with Gasteiger partial charge in [-0.05, 0) is 31.0 Å². The lowest BCUT2D eigenvalue weighted by molar-refractivity contribution is 0.0913. The van der Waals surface area contributed by atoms with Crippen molar-refractivity contribution in [2.24, 2.45) is 0 Å². The quantitative estimate of drug-likeness (QED) is 0.816. The molecule has 0 saturated carbocycles. The highest BCUT2D eigenvalue weighted by Crippen LogP contribution is 2.18. The van der Waals surface area contributed by atoms with Crippen LogP contribution in [0.15, 0.2) is 18.2 Å². The minimum absolute atomic E-state index is 0.198. The number of carbonyl (C=O) groups excluding carboxylic acids is 1. The normalized spacial score (nSPS) is 12.0. The lowest BCUT2D eigenvalue weighted by Crippen LogP contribution is -2.31. The molecule has 0 aliphatic heterocycles. The van der Waals surface area contributed by atoms with Crippen molar-refractivity contribution >= 4 is 5.91 Å². The molecule has 0 saturated heterocycles. The number of rotatable bonds is 5. The zero-order chi connectivity index (χ0) is 12.8. The predicted octanol–water partition coefficient (Wildman–Crippen LogP) is 1.50. The third kappa shape index (κ3) is 3.75. The van der Waals surface area contributed by atoms with Gasteiger partial charge in [-0.25, -0.2) is 0 Å². The Bertz CT molecular complexity index is 390. The van der Waals surface area contributed by atoms with Crippen molar-refractivity contribution in [1.82, 2.24) is 5.32 Å². The molecule has 0 aliphatic carbocycles. The van der Waals surface area contributed by atoms with Crippen LogP contribution >= 0.6 is 0 Å². The maximum atomic E-state index is 11.8. The van der Waals surface area contributed by atoms with E-state index in [0.717, 1.165) is 5.56 Å². The summed E-state index contributed by atoms with van der Waals surface area (Å²) < 4.78 is 5.15. The van der Waals surface area contributed by atoms with Crippen LogP contribution in [0.5, 0.6) is 5.75 Å². The Hall–Kier alpha value is -1.55. The summed E-state index contributed by atoms with van der Waals surface area (Å²) in [5.74, 6) is 0.490. The summed E-state index contributed by atoms with van der Waals surface area (Å²) in [6.45, 7) is 4.05. The number of carbonyl (C=O) groups is 1. The number of aliphatic hydroxyl groups excluding tert-OH is 1. The number of nitrogens with one attached hydrogen (secondary N) is 1. The number of aliphatic hydroxyl groups is 1. The number of benzene rings is 1. The maximum Gasteiger partial charge on any atom is 0.251 e. The van der Waals surface area contributed by atoms with Crippen LogP contribution < -0.4 is 10.1 Å². The molecule has 1 unspecified atom stereocenters. The molecule has 0 spiro atoms. The van der Waals surface area contributed by atoms with Gasteiger partial charge in [-0.2, -0.15) is 0 Å². The average molecular weight is 237 g/mol. The first-order chi connectivity index (χ1) is 8.08. The van der Waals surface area contributed by atoms with E-state index in [2.05, 4.69) is 5.32 Å². The third-order valence-corrected chi connectivity index (χ3v) is 2.64. The monoisotopic (exact) mass is 237 g/mol. The first kappa shape index (κ1) is 13.5. The molecule has 1 amide bonds. The van der Waals surface area contributed by atoms with E-state index in [1.54, 1.807) is 19.2 Å². The van der Waals surface area contributed by atoms with E-state index in [4.69, 9.17) is 4.74 Å².